The van der Waals surface area contributed by atoms with E-state index in [9.17, 15) is 0 Å². The fraction of sp³-hybridized carbons (Fsp3) is 0. The summed E-state index contributed by atoms with van der Waals surface area (Å²) in [5.41, 5.74) is 8.11. The summed E-state index contributed by atoms with van der Waals surface area (Å²) in [4.78, 5) is 2.16. The number of para-hydroxylation sites is 3. The van der Waals surface area contributed by atoms with Crippen LogP contribution < -0.4 is 4.90 Å². The van der Waals surface area contributed by atoms with Crippen LogP contribution in [0.3, 0.4) is 0 Å². The molecule has 2 heteroatoms. The van der Waals surface area contributed by atoms with Crippen LogP contribution in [0, 0.1) is 0 Å². The van der Waals surface area contributed by atoms with Crippen molar-refractivity contribution >= 4 is 49.6 Å². The van der Waals surface area contributed by atoms with E-state index in [0.717, 1.165) is 33.8 Å². The van der Waals surface area contributed by atoms with E-state index in [0.29, 0.717) is 27.6 Å². The van der Waals surface area contributed by atoms with Gasteiger partial charge < -0.3 is 9.47 Å². The molecule has 9 rings (SSSR count). The van der Waals surface area contributed by atoms with E-state index < -0.39 is 0 Å². The molecule has 0 saturated heterocycles. The average Bonchev–Trinajstić information content (AvgIpc) is 3.55. The quantitative estimate of drug-likeness (QED) is 0.180. The standard InChI is InChI=1S/C46H32N2/c1-3-13-33(14-4-1)40-21-11-15-35-16-12-22-41(46(35)40)34-25-27-37(28-26-34)47(36-17-5-2-6-18-36)38-29-31-39(32-30-38)48-44-23-9-7-19-42(44)43-20-8-10-24-45(43)48/h1-32H/i11D,12D,15D,16D,21D,22D. The van der Waals surface area contributed by atoms with Gasteiger partial charge in [0.15, 0.2) is 0 Å². The van der Waals surface area contributed by atoms with Crippen molar-refractivity contribution in [2.24, 2.45) is 0 Å². The lowest BCUT2D eigenvalue weighted by atomic mass is 9.91. The molecule has 9 aromatic rings. The van der Waals surface area contributed by atoms with Crippen LogP contribution in [-0.2, 0) is 0 Å². The highest BCUT2D eigenvalue weighted by Gasteiger charge is 2.16. The van der Waals surface area contributed by atoms with Gasteiger partial charge in [-0.1, -0.05) is 133 Å². The number of anilines is 3. The van der Waals surface area contributed by atoms with Crippen LogP contribution in [0.15, 0.2) is 194 Å². The maximum Gasteiger partial charge on any atom is 0.0629 e. The van der Waals surface area contributed by atoms with E-state index in [4.69, 9.17) is 8.22 Å². The lowest BCUT2D eigenvalue weighted by Gasteiger charge is -2.26. The molecule has 0 aliphatic rings. The predicted octanol–water partition coefficient (Wildman–Crippen LogP) is 12.7. The molecule has 226 valence electrons. The summed E-state index contributed by atoms with van der Waals surface area (Å²) in [7, 11) is 0. The van der Waals surface area contributed by atoms with Crippen molar-refractivity contribution < 1.29 is 8.22 Å². The summed E-state index contributed by atoms with van der Waals surface area (Å²) in [6.45, 7) is 0. The van der Waals surface area contributed by atoms with Gasteiger partial charge in [-0.25, -0.2) is 0 Å². The molecule has 0 atom stereocenters. The van der Waals surface area contributed by atoms with E-state index in [2.05, 4.69) is 94.4 Å². The first kappa shape index (κ1) is 22.2. The number of hydrogen-bond acceptors (Lipinski definition) is 1. The fourth-order valence-corrected chi connectivity index (χ4v) is 6.76. The molecule has 0 aliphatic heterocycles. The lowest BCUT2D eigenvalue weighted by molar-refractivity contribution is 1.17. The van der Waals surface area contributed by atoms with Crippen molar-refractivity contribution in [3.05, 3.63) is 194 Å². The van der Waals surface area contributed by atoms with Gasteiger partial charge >= 0.3 is 0 Å². The van der Waals surface area contributed by atoms with Crippen molar-refractivity contribution in [1.82, 2.24) is 4.57 Å². The van der Waals surface area contributed by atoms with Crippen molar-refractivity contribution in [2.45, 2.75) is 0 Å². The second-order valence-corrected chi connectivity index (χ2v) is 11.7. The largest absolute Gasteiger partial charge is 0.311 e. The Kier molecular flexibility index (Phi) is 5.44. The first-order chi connectivity index (χ1) is 26.3. The number of aromatic nitrogens is 1. The van der Waals surface area contributed by atoms with Crippen molar-refractivity contribution in [1.29, 1.82) is 0 Å². The Bertz CT molecular complexity index is 2810. The Hall–Kier alpha value is -6.38. The molecule has 0 radical (unpaired) electrons. The molecule has 1 aromatic heterocycles. The summed E-state index contributed by atoms with van der Waals surface area (Å²) in [5.74, 6) is 0. The second-order valence-electron chi connectivity index (χ2n) is 11.7. The Morgan fingerprint density at radius 1 is 0.417 bits per heavy atom. The Morgan fingerprint density at radius 3 is 1.46 bits per heavy atom. The molecule has 0 spiro atoms. The topological polar surface area (TPSA) is 8.17 Å². The van der Waals surface area contributed by atoms with E-state index in [1.807, 2.05) is 72.8 Å². The molecule has 0 amide bonds. The van der Waals surface area contributed by atoms with Crippen molar-refractivity contribution in [2.75, 3.05) is 4.90 Å². The Balaban J connectivity index is 1.19. The zero-order chi connectivity index (χ0) is 37.1. The number of benzene rings is 8. The summed E-state index contributed by atoms with van der Waals surface area (Å²) in [6, 6.07) is 50.9. The minimum Gasteiger partial charge on any atom is -0.311 e. The molecule has 0 N–H and O–H groups in total. The minimum absolute atomic E-state index is 0.101. The van der Waals surface area contributed by atoms with Gasteiger partial charge in [0.2, 0.25) is 0 Å². The molecular formula is C46H32N2. The number of rotatable bonds is 6. The molecule has 48 heavy (non-hydrogen) atoms. The highest BCUT2D eigenvalue weighted by atomic mass is 15.1. The third-order valence-electron chi connectivity index (χ3n) is 8.94. The minimum atomic E-state index is -0.319. The molecule has 8 aromatic carbocycles. The normalized spacial score (nSPS) is 13.1. The molecule has 0 aliphatic carbocycles. The lowest BCUT2D eigenvalue weighted by Crippen LogP contribution is -2.10. The van der Waals surface area contributed by atoms with E-state index in [1.54, 1.807) is 0 Å². The third kappa shape index (κ3) is 4.74. The predicted molar refractivity (Wildman–Crippen MR) is 204 cm³/mol. The molecule has 0 bridgehead atoms. The second kappa shape index (κ2) is 11.8. The van der Waals surface area contributed by atoms with Crippen LogP contribution >= 0.6 is 0 Å². The van der Waals surface area contributed by atoms with Crippen LogP contribution in [0.2, 0.25) is 0 Å². The molecule has 1 heterocycles. The van der Waals surface area contributed by atoms with Gasteiger partial charge in [0, 0.05) is 33.5 Å². The van der Waals surface area contributed by atoms with Crippen LogP contribution in [0.25, 0.3) is 60.5 Å². The SMILES string of the molecule is [2H]c1c([2H])c(-c2ccccc2)c2c(-c3ccc(N(c4ccccc4)c4ccc(-n5c6ccccc6c6ccccc65)cc4)cc3)c([2H])c([2H])c([2H])c2c1[2H]. The van der Waals surface area contributed by atoms with Crippen molar-refractivity contribution in [3.8, 4) is 27.9 Å². The van der Waals surface area contributed by atoms with Gasteiger partial charge in [-0.2, -0.15) is 0 Å². The number of nitrogens with zero attached hydrogens (tertiary/aromatic N) is 2. The summed E-state index contributed by atoms with van der Waals surface area (Å²) in [6.07, 6.45) is 0. The monoisotopic (exact) mass is 618 g/mol. The first-order valence-electron chi connectivity index (χ1n) is 19.0. The van der Waals surface area contributed by atoms with Gasteiger partial charge in [0.25, 0.3) is 0 Å². The highest BCUT2D eigenvalue weighted by Crippen LogP contribution is 2.40. The number of hydrogen-bond donors (Lipinski definition) is 0. The summed E-state index contributed by atoms with van der Waals surface area (Å²) in [5, 5.41) is 2.88. The van der Waals surface area contributed by atoms with Gasteiger partial charge in [-0.3, -0.25) is 0 Å². The zero-order valence-corrected chi connectivity index (χ0v) is 25.9. The maximum absolute atomic E-state index is 9.11. The smallest absolute Gasteiger partial charge is 0.0629 e. The van der Waals surface area contributed by atoms with E-state index in [-0.39, 0.29) is 41.6 Å². The average molecular weight is 619 g/mol. The molecular weight excluding hydrogens is 581 g/mol. The summed E-state index contributed by atoms with van der Waals surface area (Å²) < 4.78 is 55.3. The summed E-state index contributed by atoms with van der Waals surface area (Å²) >= 11 is 0. The zero-order valence-electron chi connectivity index (χ0n) is 31.9. The Labute approximate surface area is 288 Å². The van der Waals surface area contributed by atoms with Crippen LogP contribution in [0.1, 0.15) is 8.22 Å². The van der Waals surface area contributed by atoms with Gasteiger partial charge in [0.1, 0.15) is 0 Å². The first-order valence-corrected chi connectivity index (χ1v) is 16.0. The fourth-order valence-electron chi connectivity index (χ4n) is 6.76. The molecule has 0 unspecified atom stereocenters. The molecule has 2 nitrogen and oxygen atoms in total. The van der Waals surface area contributed by atoms with Crippen molar-refractivity contribution in [3.63, 3.8) is 0 Å². The van der Waals surface area contributed by atoms with Crippen LogP contribution in [-0.4, -0.2) is 4.57 Å². The molecule has 0 fully saturated rings. The highest BCUT2D eigenvalue weighted by molar-refractivity contribution is 6.09. The van der Waals surface area contributed by atoms with Crippen LogP contribution in [0.5, 0.6) is 0 Å². The van der Waals surface area contributed by atoms with E-state index >= 15 is 0 Å². The molecule has 0 saturated carbocycles. The van der Waals surface area contributed by atoms with Crippen LogP contribution in [0.4, 0.5) is 17.1 Å². The van der Waals surface area contributed by atoms with Gasteiger partial charge in [0.05, 0.1) is 19.3 Å². The number of fused-ring (bicyclic) bond motifs is 4. The third-order valence-corrected chi connectivity index (χ3v) is 8.94. The maximum atomic E-state index is 9.11. The van der Waals surface area contributed by atoms with Gasteiger partial charge in [-0.05, 0) is 93.7 Å². The van der Waals surface area contributed by atoms with Gasteiger partial charge in [-0.15, -0.1) is 0 Å². The van der Waals surface area contributed by atoms with E-state index in [1.165, 1.54) is 10.8 Å². The Morgan fingerprint density at radius 2 is 0.875 bits per heavy atom.